The van der Waals surface area contributed by atoms with Gasteiger partial charge in [0.1, 0.15) is 11.5 Å². The number of fused-ring (bicyclic) bond motifs is 1. The molecule has 1 saturated heterocycles. The van der Waals surface area contributed by atoms with Crippen LogP contribution in [0.5, 0.6) is 0 Å². The van der Waals surface area contributed by atoms with Crippen molar-refractivity contribution in [3.8, 4) is 11.3 Å². The Labute approximate surface area is 176 Å². The third kappa shape index (κ3) is 3.78. The van der Waals surface area contributed by atoms with Gasteiger partial charge in [0.2, 0.25) is 0 Å². The van der Waals surface area contributed by atoms with Crippen LogP contribution in [-0.2, 0) is 6.42 Å². The van der Waals surface area contributed by atoms with Crippen LogP contribution in [0, 0.1) is 11.7 Å². The van der Waals surface area contributed by atoms with Gasteiger partial charge in [-0.1, -0.05) is 54.6 Å². The van der Waals surface area contributed by atoms with Gasteiger partial charge in [-0.15, -0.1) is 10.2 Å². The first-order chi connectivity index (χ1) is 14.8. The van der Waals surface area contributed by atoms with Gasteiger partial charge < -0.3 is 4.90 Å². The molecular formula is C26H24FN3. The van der Waals surface area contributed by atoms with Gasteiger partial charge >= 0.3 is 0 Å². The van der Waals surface area contributed by atoms with Gasteiger partial charge in [0, 0.05) is 29.4 Å². The Kier molecular flexibility index (Phi) is 5.14. The van der Waals surface area contributed by atoms with Gasteiger partial charge in [-0.2, -0.15) is 0 Å². The molecule has 0 aliphatic carbocycles. The maximum absolute atomic E-state index is 13.3. The van der Waals surface area contributed by atoms with Crippen LogP contribution in [0.4, 0.5) is 10.2 Å². The van der Waals surface area contributed by atoms with E-state index in [0.29, 0.717) is 5.92 Å². The summed E-state index contributed by atoms with van der Waals surface area (Å²) in [7, 11) is 0. The van der Waals surface area contributed by atoms with E-state index in [1.165, 1.54) is 17.7 Å². The van der Waals surface area contributed by atoms with Crippen molar-refractivity contribution in [1.82, 2.24) is 10.2 Å². The van der Waals surface area contributed by atoms with Crippen LogP contribution < -0.4 is 4.90 Å². The molecule has 1 aromatic heterocycles. The molecule has 1 aliphatic rings. The van der Waals surface area contributed by atoms with Crippen LogP contribution in [0.25, 0.3) is 22.0 Å². The molecule has 0 amide bonds. The van der Waals surface area contributed by atoms with Crippen LogP contribution in [0.2, 0.25) is 0 Å². The molecule has 0 unspecified atom stereocenters. The minimum Gasteiger partial charge on any atom is -0.355 e. The summed E-state index contributed by atoms with van der Waals surface area (Å²) < 4.78 is 13.3. The monoisotopic (exact) mass is 397 g/mol. The summed E-state index contributed by atoms with van der Waals surface area (Å²) in [6.07, 6.45) is 3.46. The summed E-state index contributed by atoms with van der Waals surface area (Å²) >= 11 is 0. The maximum Gasteiger partial charge on any atom is 0.159 e. The van der Waals surface area contributed by atoms with Gasteiger partial charge in [0.05, 0.1) is 0 Å². The highest BCUT2D eigenvalue weighted by Crippen LogP contribution is 2.33. The zero-order valence-corrected chi connectivity index (χ0v) is 16.8. The van der Waals surface area contributed by atoms with Crippen LogP contribution in [0.1, 0.15) is 18.4 Å². The number of rotatable bonds is 4. The van der Waals surface area contributed by atoms with Crippen molar-refractivity contribution in [2.24, 2.45) is 5.92 Å². The van der Waals surface area contributed by atoms with E-state index in [1.54, 1.807) is 12.1 Å². The van der Waals surface area contributed by atoms with E-state index in [1.807, 2.05) is 12.1 Å². The lowest BCUT2D eigenvalue weighted by atomic mass is 9.90. The van der Waals surface area contributed by atoms with Gasteiger partial charge in [-0.3, -0.25) is 0 Å². The number of nitrogens with zero attached hydrogens (tertiary/aromatic N) is 3. The maximum atomic E-state index is 13.3. The molecule has 0 N–H and O–H groups in total. The van der Waals surface area contributed by atoms with Gasteiger partial charge in [0.15, 0.2) is 5.82 Å². The number of piperidine rings is 1. The average molecular weight is 397 g/mol. The highest BCUT2D eigenvalue weighted by atomic mass is 19.1. The topological polar surface area (TPSA) is 29.0 Å². The minimum absolute atomic E-state index is 0.244. The molecule has 4 aromatic rings. The molecule has 0 bridgehead atoms. The third-order valence-corrected chi connectivity index (χ3v) is 6.07. The van der Waals surface area contributed by atoms with E-state index >= 15 is 0 Å². The van der Waals surface area contributed by atoms with Gasteiger partial charge in [-0.05, 0) is 55.0 Å². The van der Waals surface area contributed by atoms with Crippen molar-refractivity contribution in [3.05, 3.63) is 90.2 Å². The van der Waals surface area contributed by atoms with Crippen molar-refractivity contribution in [2.45, 2.75) is 19.3 Å². The van der Waals surface area contributed by atoms with Gasteiger partial charge in [0.25, 0.3) is 0 Å². The van der Waals surface area contributed by atoms with E-state index in [-0.39, 0.29) is 5.82 Å². The Balaban J connectivity index is 1.39. The number of aromatic nitrogens is 2. The Hall–Kier alpha value is -3.27. The third-order valence-electron chi connectivity index (χ3n) is 6.07. The molecule has 3 nitrogen and oxygen atoms in total. The second-order valence-electron chi connectivity index (χ2n) is 8.04. The molecule has 0 atom stereocenters. The summed E-state index contributed by atoms with van der Waals surface area (Å²) in [5.41, 5.74) is 3.10. The number of benzene rings is 3. The Morgan fingerprint density at radius 1 is 0.767 bits per heavy atom. The van der Waals surface area contributed by atoms with Crippen LogP contribution in [-0.4, -0.2) is 23.3 Å². The number of anilines is 1. The summed E-state index contributed by atoms with van der Waals surface area (Å²) in [4.78, 5) is 2.37. The molecular weight excluding hydrogens is 373 g/mol. The Bertz CT molecular complexity index is 1130. The van der Waals surface area contributed by atoms with E-state index in [0.717, 1.165) is 60.2 Å². The molecule has 150 valence electrons. The normalized spacial score (nSPS) is 14.9. The largest absolute Gasteiger partial charge is 0.355 e. The van der Waals surface area contributed by atoms with E-state index in [9.17, 15) is 4.39 Å². The highest BCUT2D eigenvalue weighted by Gasteiger charge is 2.23. The van der Waals surface area contributed by atoms with Crippen LogP contribution >= 0.6 is 0 Å². The quantitative estimate of drug-likeness (QED) is 0.430. The van der Waals surface area contributed by atoms with Crippen molar-refractivity contribution >= 4 is 16.6 Å². The standard InChI is InChI=1S/C26H24FN3/c27-22-12-10-21(11-13-22)25-23-8-4-5-9-24(23)26(29-28-25)30-16-14-20(15-17-30)18-19-6-2-1-3-7-19/h1-13,20H,14-18H2. The fourth-order valence-corrected chi connectivity index (χ4v) is 4.44. The molecule has 0 radical (unpaired) electrons. The SMILES string of the molecule is Fc1ccc(-c2nnc(N3CCC(Cc4ccccc4)CC3)c3ccccc23)cc1. The first-order valence-electron chi connectivity index (χ1n) is 10.6. The molecule has 1 aliphatic heterocycles. The van der Waals surface area contributed by atoms with E-state index < -0.39 is 0 Å². The smallest absolute Gasteiger partial charge is 0.159 e. The average Bonchev–Trinajstić information content (AvgIpc) is 2.80. The lowest BCUT2D eigenvalue weighted by molar-refractivity contribution is 0.402. The zero-order valence-electron chi connectivity index (χ0n) is 16.8. The fourth-order valence-electron chi connectivity index (χ4n) is 4.44. The zero-order chi connectivity index (χ0) is 20.3. The lowest BCUT2D eigenvalue weighted by Gasteiger charge is -2.33. The molecule has 3 aromatic carbocycles. The molecule has 30 heavy (non-hydrogen) atoms. The summed E-state index contributed by atoms with van der Waals surface area (Å²) in [5.74, 6) is 1.42. The summed E-state index contributed by atoms with van der Waals surface area (Å²) in [6, 6.07) is 25.5. The van der Waals surface area contributed by atoms with E-state index in [2.05, 4.69) is 57.6 Å². The van der Waals surface area contributed by atoms with Crippen molar-refractivity contribution in [2.75, 3.05) is 18.0 Å². The first-order valence-corrected chi connectivity index (χ1v) is 10.6. The molecule has 0 saturated carbocycles. The highest BCUT2D eigenvalue weighted by molar-refractivity contribution is 6.00. The van der Waals surface area contributed by atoms with Crippen molar-refractivity contribution in [3.63, 3.8) is 0 Å². The predicted molar refractivity (Wildman–Crippen MR) is 120 cm³/mol. The molecule has 4 heteroatoms. The molecule has 1 fully saturated rings. The first kappa shape index (κ1) is 18.7. The number of halogens is 1. The molecule has 0 spiro atoms. The summed E-state index contributed by atoms with van der Waals surface area (Å²) in [5, 5.41) is 11.3. The van der Waals surface area contributed by atoms with Crippen molar-refractivity contribution < 1.29 is 4.39 Å². The van der Waals surface area contributed by atoms with Crippen molar-refractivity contribution in [1.29, 1.82) is 0 Å². The second-order valence-corrected chi connectivity index (χ2v) is 8.04. The molecule has 2 heterocycles. The lowest BCUT2D eigenvalue weighted by Crippen LogP contribution is -2.35. The van der Waals surface area contributed by atoms with Gasteiger partial charge in [-0.25, -0.2) is 4.39 Å². The number of hydrogen-bond acceptors (Lipinski definition) is 3. The predicted octanol–water partition coefficient (Wildman–Crippen LogP) is 5.90. The molecule has 5 rings (SSSR count). The summed E-state index contributed by atoms with van der Waals surface area (Å²) in [6.45, 7) is 1.98. The Morgan fingerprint density at radius 2 is 1.43 bits per heavy atom. The van der Waals surface area contributed by atoms with Crippen LogP contribution in [0.3, 0.4) is 0 Å². The Morgan fingerprint density at radius 3 is 2.17 bits per heavy atom. The fraction of sp³-hybridized carbons (Fsp3) is 0.231. The number of hydrogen-bond donors (Lipinski definition) is 0. The second kappa shape index (κ2) is 8.23. The van der Waals surface area contributed by atoms with E-state index in [4.69, 9.17) is 0 Å². The minimum atomic E-state index is -0.244. The van der Waals surface area contributed by atoms with Crippen LogP contribution in [0.15, 0.2) is 78.9 Å².